The molecule has 20 heavy (non-hydrogen) atoms. The van der Waals surface area contributed by atoms with Gasteiger partial charge in [-0.25, -0.2) is 5.14 Å². The van der Waals surface area contributed by atoms with Gasteiger partial charge in [-0.1, -0.05) is 30.3 Å². The highest BCUT2D eigenvalue weighted by molar-refractivity contribution is 7.90. The van der Waals surface area contributed by atoms with E-state index < -0.39 is 10.2 Å². The predicted octanol–water partition coefficient (Wildman–Crippen LogP) is 1.91. The minimum absolute atomic E-state index is 0.153. The van der Waals surface area contributed by atoms with E-state index in [0.717, 1.165) is 9.87 Å². The maximum absolute atomic E-state index is 11.8. The van der Waals surface area contributed by atoms with Crippen LogP contribution in [0.15, 0.2) is 54.6 Å². The largest absolute Gasteiger partial charge is 0.497 e. The van der Waals surface area contributed by atoms with Crippen LogP contribution in [-0.2, 0) is 16.8 Å². The lowest BCUT2D eigenvalue weighted by atomic mass is 10.2. The summed E-state index contributed by atoms with van der Waals surface area (Å²) in [6, 6.07) is 15.9. The highest BCUT2D eigenvalue weighted by Gasteiger charge is 2.18. The Morgan fingerprint density at radius 2 is 1.80 bits per heavy atom. The molecule has 0 saturated heterocycles. The Balaban J connectivity index is 2.34. The van der Waals surface area contributed by atoms with E-state index in [2.05, 4.69) is 0 Å². The van der Waals surface area contributed by atoms with E-state index in [1.54, 1.807) is 49.6 Å². The zero-order chi connectivity index (χ0) is 14.6. The van der Waals surface area contributed by atoms with Gasteiger partial charge in [0.05, 0.1) is 19.3 Å². The van der Waals surface area contributed by atoms with Crippen molar-refractivity contribution < 1.29 is 13.2 Å². The molecule has 0 spiro atoms. The van der Waals surface area contributed by atoms with Gasteiger partial charge in [0.15, 0.2) is 0 Å². The molecule has 0 fully saturated rings. The molecule has 2 aromatic rings. The molecule has 106 valence electrons. The van der Waals surface area contributed by atoms with Gasteiger partial charge in [-0.15, -0.1) is 0 Å². The van der Waals surface area contributed by atoms with Crippen LogP contribution in [-0.4, -0.2) is 15.5 Å². The lowest BCUT2D eigenvalue weighted by Crippen LogP contribution is -2.36. The van der Waals surface area contributed by atoms with Crippen LogP contribution in [0.4, 0.5) is 5.69 Å². The molecule has 0 amide bonds. The Hall–Kier alpha value is -2.05. The van der Waals surface area contributed by atoms with Crippen molar-refractivity contribution in [2.45, 2.75) is 6.54 Å². The number of rotatable bonds is 5. The topological polar surface area (TPSA) is 72.6 Å². The Morgan fingerprint density at radius 3 is 2.40 bits per heavy atom. The number of hydrogen-bond donors (Lipinski definition) is 1. The van der Waals surface area contributed by atoms with E-state index >= 15 is 0 Å². The van der Waals surface area contributed by atoms with Crippen molar-refractivity contribution in [1.29, 1.82) is 0 Å². The third-order valence-corrected chi connectivity index (χ3v) is 3.77. The van der Waals surface area contributed by atoms with Gasteiger partial charge in [-0.3, -0.25) is 4.31 Å². The summed E-state index contributed by atoms with van der Waals surface area (Å²) in [6.45, 7) is 0.153. The lowest BCUT2D eigenvalue weighted by Gasteiger charge is -2.22. The van der Waals surface area contributed by atoms with Crippen molar-refractivity contribution in [2.75, 3.05) is 11.4 Å². The van der Waals surface area contributed by atoms with Gasteiger partial charge in [0.1, 0.15) is 5.75 Å². The molecule has 0 atom stereocenters. The van der Waals surface area contributed by atoms with Crippen molar-refractivity contribution in [3.8, 4) is 5.75 Å². The molecule has 0 saturated carbocycles. The summed E-state index contributed by atoms with van der Waals surface area (Å²) in [5, 5.41) is 5.30. The predicted molar refractivity (Wildman–Crippen MR) is 78.7 cm³/mol. The molecule has 0 aromatic heterocycles. The molecule has 0 aliphatic carbocycles. The third kappa shape index (κ3) is 3.49. The molecule has 2 rings (SSSR count). The van der Waals surface area contributed by atoms with Gasteiger partial charge in [0, 0.05) is 0 Å². The number of hydrogen-bond acceptors (Lipinski definition) is 3. The molecule has 0 aliphatic rings. The molecule has 6 heteroatoms. The van der Waals surface area contributed by atoms with E-state index in [1.165, 1.54) is 0 Å². The second-order valence-corrected chi connectivity index (χ2v) is 5.71. The van der Waals surface area contributed by atoms with E-state index in [9.17, 15) is 8.42 Å². The van der Waals surface area contributed by atoms with Gasteiger partial charge in [0.2, 0.25) is 0 Å². The number of methoxy groups -OCH3 is 1. The molecule has 0 unspecified atom stereocenters. The fourth-order valence-electron chi connectivity index (χ4n) is 1.86. The molecule has 0 bridgehead atoms. The van der Waals surface area contributed by atoms with Crippen LogP contribution >= 0.6 is 0 Å². The summed E-state index contributed by atoms with van der Waals surface area (Å²) in [4.78, 5) is 0. The van der Waals surface area contributed by atoms with Crippen molar-refractivity contribution in [3.63, 3.8) is 0 Å². The monoisotopic (exact) mass is 292 g/mol. The fraction of sp³-hybridized carbons (Fsp3) is 0.143. The Kier molecular flexibility index (Phi) is 4.26. The average molecular weight is 292 g/mol. The number of anilines is 1. The summed E-state index contributed by atoms with van der Waals surface area (Å²) in [6.07, 6.45) is 0. The van der Waals surface area contributed by atoms with Crippen molar-refractivity contribution in [2.24, 2.45) is 5.14 Å². The van der Waals surface area contributed by atoms with Crippen LogP contribution in [0.1, 0.15) is 5.56 Å². The van der Waals surface area contributed by atoms with Crippen LogP contribution in [0.5, 0.6) is 5.75 Å². The summed E-state index contributed by atoms with van der Waals surface area (Å²) < 4.78 is 29.8. The smallest absolute Gasteiger partial charge is 0.299 e. The minimum Gasteiger partial charge on any atom is -0.497 e. The number of nitrogens with two attached hydrogens (primary N) is 1. The number of para-hydroxylation sites is 1. The van der Waals surface area contributed by atoms with Crippen LogP contribution < -0.4 is 14.2 Å². The second kappa shape index (κ2) is 5.94. The van der Waals surface area contributed by atoms with Crippen molar-refractivity contribution in [1.82, 2.24) is 0 Å². The molecule has 2 N–H and O–H groups in total. The molecule has 5 nitrogen and oxygen atoms in total. The molecular formula is C14H16N2O3S. The summed E-state index contributed by atoms with van der Waals surface area (Å²) >= 11 is 0. The van der Waals surface area contributed by atoms with Crippen molar-refractivity contribution in [3.05, 3.63) is 60.2 Å². The fourth-order valence-corrected chi connectivity index (χ4v) is 2.60. The highest BCUT2D eigenvalue weighted by Crippen LogP contribution is 2.21. The van der Waals surface area contributed by atoms with E-state index in [4.69, 9.17) is 9.88 Å². The van der Waals surface area contributed by atoms with Gasteiger partial charge >= 0.3 is 0 Å². The zero-order valence-corrected chi connectivity index (χ0v) is 11.9. The highest BCUT2D eigenvalue weighted by atomic mass is 32.2. The van der Waals surface area contributed by atoms with Gasteiger partial charge < -0.3 is 4.74 Å². The average Bonchev–Trinajstić information content (AvgIpc) is 2.45. The molecule has 0 heterocycles. The van der Waals surface area contributed by atoms with E-state index in [0.29, 0.717) is 11.4 Å². The van der Waals surface area contributed by atoms with Gasteiger partial charge in [-0.2, -0.15) is 8.42 Å². The normalized spacial score (nSPS) is 11.1. The van der Waals surface area contributed by atoms with Crippen LogP contribution in [0, 0.1) is 0 Å². The number of nitrogens with zero attached hydrogens (tertiary/aromatic N) is 1. The van der Waals surface area contributed by atoms with Gasteiger partial charge in [0.25, 0.3) is 10.2 Å². The number of ether oxygens (including phenoxy) is 1. The van der Waals surface area contributed by atoms with E-state index in [1.807, 2.05) is 12.1 Å². The molecule has 0 aliphatic heterocycles. The minimum atomic E-state index is -3.84. The first-order chi connectivity index (χ1) is 9.50. The van der Waals surface area contributed by atoms with E-state index in [-0.39, 0.29) is 6.54 Å². The van der Waals surface area contributed by atoms with Crippen LogP contribution in [0.2, 0.25) is 0 Å². The maximum Gasteiger partial charge on any atom is 0.299 e. The van der Waals surface area contributed by atoms with Crippen LogP contribution in [0.25, 0.3) is 0 Å². The van der Waals surface area contributed by atoms with Gasteiger partial charge in [-0.05, 0) is 29.8 Å². The second-order valence-electron chi connectivity index (χ2n) is 4.24. The first kappa shape index (κ1) is 14.4. The summed E-state index contributed by atoms with van der Waals surface area (Å²) in [5.41, 5.74) is 1.32. The SMILES string of the molecule is COc1cccc(CN(c2ccccc2)S(N)(=O)=O)c1. The first-order valence-corrected chi connectivity index (χ1v) is 7.49. The van der Waals surface area contributed by atoms with Crippen molar-refractivity contribution >= 4 is 15.9 Å². The Morgan fingerprint density at radius 1 is 1.10 bits per heavy atom. The maximum atomic E-state index is 11.8. The Bertz CT molecular complexity index is 672. The zero-order valence-electron chi connectivity index (χ0n) is 11.1. The third-order valence-electron chi connectivity index (χ3n) is 2.81. The lowest BCUT2D eigenvalue weighted by molar-refractivity contribution is 0.414. The standard InChI is InChI=1S/C14H16N2O3S/c1-19-14-9-5-6-12(10-14)11-16(20(15,17)18)13-7-3-2-4-8-13/h2-10H,11H2,1H3,(H2,15,17,18). The summed E-state index contributed by atoms with van der Waals surface area (Å²) in [7, 11) is -2.28. The molecule has 0 radical (unpaired) electrons. The first-order valence-electron chi connectivity index (χ1n) is 5.99. The quantitative estimate of drug-likeness (QED) is 0.915. The Labute approximate surface area is 118 Å². The van der Waals surface area contributed by atoms with Crippen LogP contribution in [0.3, 0.4) is 0 Å². The molecular weight excluding hydrogens is 276 g/mol. The number of benzene rings is 2. The summed E-state index contributed by atoms with van der Waals surface area (Å²) in [5.74, 6) is 0.671. The molecule has 2 aromatic carbocycles.